The topological polar surface area (TPSA) is 74.7 Å². The molecule has 38 heavy (non-hydrogen) atoms. The minimum atomic E-state index is -0.151. The molecule has 2 heterocycles. The molecule has 2 fully saturated rings. The summed E-state index contributed by atoms with van der Waals surface area (Å²) in [6, 6.07) is 15.9. The van der Waals surface area contributed by atoms with Gasteiger partial charge in [-0.05, 0) is 66.3 Å². The molecule has 0 bridgehead atoms. The lowest BCUT2D eigenvalue weighted by Crippen LogP contribution is -2.50. The molecule has 8 nitrogen and oxygen atoms in total. The van der Waals surface area contributed by atoms with Gasteiger partial charge in [-0.15, -0.1) is 0 Å². The highest BCUT2D eigenvalue weighted by molar-refractivity contribution is 6.08. The van der Waals surface area contributed by atoms with E-state index in [1.54, 1.807) is 26.2 Å². The van der Waals surface area contributed by atoms with Crippen molar-refractivity contribution in [1.82, 2.24) is 14.8 Å². The maximum atomic E-state index is 13.8. The quantitative estimate of drug-likeness (QED) is 0.581. The fourth-order valence-electron chi connectivity index (χ4n) is 5.73. The van der Waals surface area contributed by atoms with Gasteiger partial charge in [0.1, 0.15) is 11.5 Å². The van der Waals surface area contributed by atoms with Gasteiger partial charge in [-0.25, -0.2) is 5.01 Å². The van der Waals surface area contributed by atoms with Crippen molar-refractivity contribution in [3.05, 3.63) is 65.2 Å². The van der Waals surface area contributed by atoms with Crippen LogP contribution in [0.4, 0.5) is 0 Å². The molecular formula is C30H36N4O4. The smallest absolute Gasteiger partial charge is 0.257 e. The normalized spacial score (nSPS) is 22.7. The molecule has 2 aromatic rings. The third-order valence-electron chi connectivity index (χ3n) is 7.85. The molecule has 1 saturated carbocycles. The van der Waals surface area contributed by atoms with E-state index in [1.165, 1.54) is 5.57 Å². The summed E-state index contributed by atoms with van der Waals surface area (Å²) >= 11 is 0. The Morgan fingerprint density at radius 2 is 1.58 bits per heavy atom. The van der Waals surface area contributed by atoms with Crippen LogP contribution in [-0.4, -0.2) is 79.3 Å². The molecule has 0 radical (unpaired) electrons. The standard InChI is InChI=1S/C30H36N4O4/c1-21(35)33-17-15-32(16-18-33)20-28(36)34-30(23-9-13-26(38-3)14-10-23)27-6-4-5-24(29(27)31-34)19-22-7-11-25(37-2)12-8-22/h7-14,19,27,30H,4-6,15-18,20H2,1-3H3/b24-19+/t27-,30+/m1/s1. The minimum Gasteiger partial charge on any atom is -0.497 e. The zero-order valence-corrected chi connectivity index (χ0v) is 22.4. The van der Waals surface area contributed by atoms with Crippen molar-refractivity contribution in [2.24, 2.45) is 11.0 Å². The molecule has 200 valence electrons. The number of benzene rings is 2. The van der Waals surface area contributed by atoms with E-state index in [-0.39, 0.29) is 23.8 Å². The number of nitrogens with zero attached hydrogens (tertiary/aromatic N) is 4. The van der Waals surface area contributed by atoms with Crippen LogP contribution in [0.25, 0.3) is 6.08 Å². The van der Waals surface area contributed by atoms with E-state index in [0.717, 1.165) is 47.6 Å². The van der Waals surface area contributed by atoms with Crippen LogP contribution in [0.3, 0.4) is 0 Å². The number of hydrogen-bond acceptors (Lipinski definition) is 6. The molecule has 0 aromatic heterocycles. The van der Waals surface area contributed by atoms with Crippen LogP contribution < -0.4 is 9.47 Å². The molecule has 2 aliphatic heterocycles. The zero-order valence-electron chi connectivity index (χ0n) is 22.4. The van der Waals surface area contributed by atoms with Gasteiger partial charge in [0, 0.05) is 39.0 Å². The van der Waals surface area contributed by atoms with Gasteiger partial charge < -0.3 is 14.4 Å². The summed E-state index contributed by atoms with van der Waals surface area (Å²) in [6.07, 6.45) is 5.17. The van der Waals surface area contributed by atoms with E-state index < -0.39 is 0 Å². The van der Waals surface area contributed by atoms with Gasteiger partial charge in [-0.1, -0.05) is 24.3 Å². The fraction of sp³-hybridized carbons (Fsp3) is 0.433. The van der Waals surface area contributed by atoms with Gasteiger partial charge in [-0.2, -0.15) is 5.10 Å². The number of fused-ring (bicyclic) bond motifs is 1. The van der Waals surface area contributed by atoms with Gasteiger partial charge in [-0.3, -0.25) is 14.5 Å². The van der Waals surface area contributed by atoms with Gasteiger partial charge in [0.05, 0.1) is 32.5 Å². The number of methoxy groups -OCH3 is 2. The Morgan fingerprint density at radius 1 is 0.947 bits per heavy atom. The van der Waals surface area contributed by atoms with Crippen molar-refractivity contribution in [1.29, 1.82) is 0 Å². The van der Waals surface area contributed by atoms with Crippen LogP contribution in [-0.2, 0) is 9.59 Å². The van der Waals surface area contributed by atoms with Crippen molar-refractivity contribution in [3.63, 3.8) is 0 Å². The van der Waals surface area contributed by atoms with E-state index in [0.29, 0.717) is 32.7 Å². The predicted octanol–water partition coefficient (Wildman–Crippen LogP) is 3.99. The van der Waals surface area contributed by atoms with Crippen molar-refractivity contribution in [2.45, 2.75) is 32.2 Å². The van der Waals surface area contributed by atoms with E-state index in [9.17, 15) is 9.59 Å². The average molecular weight is 517 g/mol. The van der Waals surface area contributed by atoms with Crippen LogP contribution in [0.5, 0.6) is 11.5 Å². The van der Waals surface area contributed by atoms with E-state index >= 15 is 0 Å². The first-order valence-corrected chi connectivity index (χ1v) is 13.3. The summed E-state index contributed by atoms with van der Waals surface area (Å²) in [5, 5.41) is 6.74. The molecule has 2 aromatic carbocycles. The second-order valence-corrected chi connectivity index (χ2v) is 10.2. The van der Waals surface area contributed by atoms with Crippen molar-refractivity contribution < 1.29 is 19.1 Å². The zero-order chi connectivity index (χ0) is 26.6. The van der Waals surface area contributed by atoms with Crippen molar-refractivity contribution >= 4 is 23.6 Å². The second-order valence-electron chi connectivity index (χ2n) is 10.2. The Bertz CT molecular complexity index is 1210. The maximum Gasteiger partial charge on any atom is 0.257 e. The lowest BCUT2D eigenvalue weighted by Gasteiger charge is -2.35. The van der Waals surface area contributed by atoms with Gasteiger partial charge in [0.25, 0.3) is 5.91 Å². The number of amides is 2. The lowest BCUT2D eigenvalue weighted by molar-refractivity contribution is -0.136. The summed E-state index contributed by atoms with van der Waals surface area (Å²) in [5.41, 5.74) is 4.37. The molecule has 1 aliphatic carbocycles. The van der Waals surface area contributed by atoms with Crippen LogP contribution >= 0.6 is 0 Å². The molecule has 0 N–H and O–H groups in total. The van der Waals surface area contributed by atoms with Crippen molar-refractivity contribution in [2.75, 3.05) is 46.9 Å². The molecule has 3 aliphatic rings. The van der Waals surface area contributed by atoms with E-state index in [1.807, 2.05) is 29.2 Å². The molecule has 2 atom stereocenters. The number of hydrazone groups is 1. The van der Waals surface area contributed by atoms with Crippen LogP contribution in [0.1, 0.15) is 43.4 Å². The highest BCUT2D eigenvalue weighted by Gasteiger charge is 2.44. The Kier molecular flexibility index (Phi) is 7.79. The third-order valence-corrected chi connectivity index (χ3v) is 7.85. The highest BCUT2D eigenvalue weighted by atomic mass is 16.5. The van der Waals surface area contributed by atoms with E-state index in [2.05, 4.69) is 35.2 Å². The summed E-state index contributed by atoms with van der Waals surface area (Å²) in [4.78, 5) is 29.4. The van der Waals surface area contributed by atoms with Gasteiger partial charge in [0.2, 0.25) is 5.91 Å². The van der Waals surface area contributed by atoms with Gasteiger partial charge >= 0.3 is 0 Å². The van der Waals surface area contributed by atoms with Crippen LogP contribution in [0.2, 0.25) is 0 Å². The lowest BCUT2D eigenvalue weighted by atomic mass is 9.77. The summed E-state index contributed by atoms with van der Waals surface area (Å²) < 4.78 is 10.7. The SMILES string of the molecule is COc1ccc(/C=C2\CCC[C@@H]3C2=NN(C(=O)CN2CCN(C(C)=O)CC2)[C@H]3c2ccc(OC)cc2)cc1. The molecular weight excluding hydrogens is 480 g/mol. The number of ether oxygens (including phenoxy) is 2. The molecule has 0 spiro atoms. The largest absolute Gasteiger partial charge is 0.497 e. The monoisotopic (exact) mass is 516 g/mol. The number of piperazine rings is 1. The van der Waals surface area contributed by atoms with Gasteiger partial charge in [0.15, 0.2) is 0 Å². The Labute approximate surface area is 224 Å². The number of allylic oxidation sites excluding steroid dienone is 1. The van der Waals surface area contributed by atoms with E-state index in [4.69, 9.17) is 14.6 Å². The summed E-state index contributed by atoms with van der Waals surface area (Å²) in [7, 11) is 3.32. The number of carbonyl (C=O) groups excluding carboxylic acids is 2. The van der Waals surface area contributed by atoms with Crippen molar-refractivity contribution in [3.8, 4) is 11.5 Å². The maximum absolute atomic E-state index is 13.8. The summed E-state index contributed by atoms with van der Waals surface area (Å²) in [6.45, 7) is 4.57. The molecule has 8 heteroatoms. The highest BCUT2D eigenvalue weighted by Crippen LogP contribution is 2.44. The first-order valence-electron chi connectivity index (χ1n) is 13.3. The Morgan fingerprint density at radius 3 is 2.18 bits per heavy atom. The fourth-order valence-corrected chi connectivity index (χ4v) is 5.73. The molecule has 5 rings (SSSR count). The Hall–Kier alpha value is -3.65. The second kappa shape index (κ2) is 11.4. The number of hydrogen-bond donors (Lipinski definition) is 0. The number of carbonyl (C=O) groups is 2. The summed E-state index contributed by atoms with van der Waals surface area (Å²) in [5.74, 6) is 1.83. The van der Waals surface area contributed by atoms with Crippen LogP contribution in [0, 0.1) is 5.92 Å². The Balaban J connectivity index is 1.42. The first-order chi connectivity index (χ1) is 18.5. The third kappa shape index (κ3) is 5.45. The average Bonchev–Trinajstić information content (AvgIpc) is 3.35. The first kappa shape index (κ1) is 26.0. The molecule has 2 amide bonds. The predicted molar refractivity (Wildman–Crippen MR) is 147 cm³/mol. The van der Waals surface area contributed by atoms with Crippen LogP contribution in [0.15, 0.2) is 59.2 Å². The number of rotatable bonds is 6. The molecule has 1 saturated heterocycles. The minimum absolute atomic E-state index is 0.00668. The molecule has 0 unspecified atom stereocenters.